The molecule has 0 amide bonds. The van der Waals surface area contributed by atoms with Gasteiger partial charge in [0.05, 0.1) is 6.61 Å². The molecule has 82 valence electrons. The van der Waals surface area contributed by atoms with Gasteiger partial charge in [-0.3, -0.25) is 0 Å². The summed E-state index contributed by atoms with van der Waals surface area (Å²) in [4.78, 5) is 0. The van der Waals surface area contributed by atoms with Crippen LogP contribution in [0.1, 0.15) is 44.2 Å². The lowest BCUT2D eigenvalue weighted by Gasteiger charge is -2.26. The third-order valence-corrected chi connectivity index (χ3v) is 3.46. The van der Waals surface area contributed by atoms with Crippen molar-refractivity contribution in [1.82, 2.24) is 0 Å². The van der Waals surface area contributed by atoms with Crippen LogP contribution in [0.15, 0.2) is 18.2 Å². The molecule has 1 aromatic rings. The molecule has 15 heavy (non-hydrogen) atoms. The van der Waals surface area contributed by atoms with Crippen LogP contribution in [-0.2, 0) is 5.41 Å². The Kier molecular flexibility index (Phi) is 2.72. The maximum atomic E-state index is 5.73. The van der Waals surface area contributed by atoms with Crippen LogP contribution in [0.25, 0.3) is 0 Å². The van der Waals surface area contributed by atoms with Gasteiger partial charge in [0.25, 0.3) is 0 Å². The van der Waals surface area contributed by atoms with Crippen LogP contribution >= 0.6 is 0 Å². The van der Waals surface area contributed by atoms with Gasteiger partial charge in [0.15, 0.2) is 0 Å². The van der Waals surface area contributed by atoms with Crippen molar-refractivity contribution in [2.45, 2.75) is 45.4 Å². The number of fused-ring (bicyclic) bond motifs is 2. The summed E-state index contributed by atoms with van der Waals surface area (Å²) >= 11 is 0. The summed E-state index contributed by atoms with van der Waals surface area (Å²) < 4.78 is 5.73. The fourth-order valence-corrected chi connectivity index (χ4v) is 2.42. The van der Waals surface area contributed by atoms with Gasteiger partial charge in [-0.15, -0.1) is 0 Å². The number of hydrogen-bond acceptors (Lipinski definition) is 1. The number of aryl methyl sites for hydroxylation is 1. The Morgan fingerprint density at radius 2 is 1.87 bits per heavy atom. The van der Waals surface area contributed by atoms with E-state index in [0.717, 1.165) is 6.61 Å². The molecule has 0 unspecified atom stereocenters. The monoisotopic (exact) mass is 204 g/mol. The molecule has 1 aliphatic carbocycles. The summed E-state index contributed by atoms with van der Waals surface area (Å²) in [7, 11) is 0. The van der Waals surface area contributed by atoms with E-state index < -0.39 is 0 Å². The predicted octanol–water partition coefficient (Wildman–Crippen LogP) is 3.84. The SMILES string of the molecule is CC.Cc1cccc2c1OCCC21CC1. The minimum absolute atomic E-state index is 0.527. The van der Waals surface area contributed by atoms with Gasteiger partial charge in [-0.1, -0.05) is 32.0 Å². The summed E-state index contributed by atoms with van der Waals surface area (Å²) in [6.07, 6.45) is 3.96. The average Bonchev–Trinajstić information content (AvgIpc) is 3.04. The van der Waals surface area contributed by atoms with Crippen molar-refractivity contribution in [2.24, 2.45) is 0 Å². The highest BCUT2D eigenvalue weighted by Gasteiger charge is 2.47. The Bertz CT molecular complexity index is 350. The van der Waals surface area contributed by atoms with E-state index in [1.54, 1.807) is 0 Å². The number of rotatable bonds is 0. The third-order valence-electron chi connectivity index (χ3n) is 3.46. The summed E-state index contributed by atoms with van der Waals surface area (Å²) in [5.74, 6) is 1.17. The van der Waals surface area contributed by atoms with Gasteiger partial charge in [-0.25, -0.2) is 0 Å². The summed E-state index contributed by atoms with van der Waals surface area (Å²) in [5.41, 5.74) is 3.29. The topological polar surface area (TPSA) is 9.23 Å². The first-order chi connectivity index (χ1) is 7.32. The third kappa shape index (κ3) is 1.64. The molecule has 1 aromatic carbocycles. The lowest BCUT2D eigenvalue weighted by atomic mass is 9.89. The summed E-state index contributed by atoms with van der Waals surface area (Å²) in [6, 6.07) is 6.54. The molecule has 2 aliphatic rings. The molecule has 1 saturated carbocycles. The highest BCUT2D eigenvalue weighted by atomic mass is 16.5. The molecule has 0 radical (unpaired) electrons. The van der Waals surface area contributed by atoms with Crippen molar-refractivity contribution in [1.29, 1.82) is 0 Å². The zero-order chi connectivity index (χ0) is 10.9. The number of benzene rings is 1. The van der Waals surface area contributed by atoms with Crippen LogP contribution in [-0.4, -0.2) is 6.61 Å². The molecule has 3 rings (SSSR count). The van der Waals surface area contributed by atoms with Gasteiger partial charge in [0, 0.05) is 11.0 Å². The molecular weight excluding hydrogens is 184 g/mol. The first kappa shape index (κ1) is 10.5. The van der Waals surface area contributed by atoms with Crippen molar-refractivity contribution in [3.8, 4) is 5.75 Å². The maximum absolute atomic E-state index is 5.73. The smallest absolute Gasteiger partial charge is 0.125 e. The largest absolute Gasteiger partial charge is 0.493 e. The Morgan fingerprint density at radius 1 is 1.13 bits per heavy atom. The second-order valence-corrected chi connectivity index (χ2v) is 4.33. The number of ether oxygens (including phenoxy) is 1. The van der Waals surface area contributed by atoms with E-state index in [1.807, 2.05) is 13.8 Å². The Balaban J connectivity index is 0.000000404. The van der Waals surface area contributed by atoms with E-state index >= 15 is 0 Å². The quantitative estimate of drug-likeness (QED) is 0.624. The van der Waals surface area contributed by atoms with Crippen molar-refractivity contribution >= 4 is 0 Å². The fourth-order valence-electron chi connectivity index (χ4n) is 2.42. The molecule has 0 bridgehead atoms. The van der Waals surface area contributed by atoms with E-state index in [1.165, 1.54) is 36.1 Å². The normalized spacial score (nSPS) is 19.7. The Labute approximate surface area is 92.5 Å². The molecule has 1 nitrogen and oxygen atoms in total. The fraction of sp³-hybridized carbons (Fsp3) is 0.571. The molecular formula is C14H20O. The van der Waals surface area contributed by atoms with E-state index in [9.17, 15) is 0 Å². The minimum atomic E-state index is 0.527. The highest BCUT2D eigenvalue weighted by Crippen LogP contribution is 2.56. The van der Waals surface area contributed by atoms with Crippen LogP contribution in [0, 0.1) is 6.92 Å². The predicted molar refractivity (Wildman–Crippen MR) is 63.6 cm³/mol. The van der Waals surface area contributed by atoms with Crippen molar-refractivity contribution < 1.29 is 4.74 Å². The molecule has 1 heterocycles. The second kappa shape index (κ2) is 3.88. The van der Waals surface area contributed by atoms with Crippen molar-refractivity contribution in [2.75, 3.05) is 6.61 Å². The van der Waals surface area contributed by atoms with Crippen LogP contribution in [0.3, 0.4) is 0 Å². The zero-order valence-electron chi connectivity index (χ0n) is 9.97. The Morgan fingerprint density at radius 3 is 2.53 bits per heavy atom. The summed E-state index contributed by atoms with van der Waals surface area (Å²) in [5, 5.41) is 0. The minimum Gasteiger partial charge on any atom is -0.493 e. The van der Waals surface area contributed by atoms with Crippen LogP contribution in [0.4, 0.5) is 0 Å². The molecule has 1 fully saturated rings. The van der Waals surface area contributed by atoms with Gasteiger partial charge in [0.1, 0.15) is 5.75 Å². The highest BCUT2D eigenvalue weighted by molar-refractivity contribution is 5.49. The molecule has 0 aromatic heterocycles. The molecule has 1 spiro atoms. The zero-order valence-corrected chi connectivity index (χ0v) is 9.97. The van der Waals surface area contributed by atoms with E-state index in [4.69, 9.17) is 4.74 Å². The number of para-hydroxylation sites is 1. The Hall–Kier alpha value is -0.980. The average molecular weight is 204 g/mol. The van der Waals surface area contributed by atoms with E-state index in [2.05, 4.69) is 25.1 Å². The number of hydrogen-bond donors (Lipinski definition) is 0. The van der Waals surface area contributed by atoms with E-state index in [-0.39, 0.29) is 0 Å². The van der Waals surface area contributed by atoms with Gasteiger partial charge >= 0.3 is 0 Å². The molecule has 1 aliphatic heterocycles. The second-order valence-electron chi connectivity index (χ2n) is 4.33. The van der Waals surface area contributed by atoms with Gasteiger partial charge in [0.2, 0.25) is 0 Å². The first-order valence-corrected chi connectivity index (χ1v) is 6.05. The molecule has 0 saturated heterocycles. The van der Waals surface area contributed by atoms with Gasteiger partial charge < -0.3 is 4.74 Å². The standard InChI is InChI=1S/C12H14O.C2H6/c1-9-3-2-4-10-11(9)13-8-7-12(10)5-6-12;1-2/h2-4H,5-8H2,1H3;1-2H3. The lowest BCUT2D eigenvalue weighted by Crippen LogP contribution is -2.20. The lowest BCUT2D eigenvalue weighted by molar-refractivity contribution is 0.258. The van der Waals surface area contributed by atoms with Crippen molar-refractivity contribution in [3.05, 3.63) is 29.3 Å². The summed E-state index contributed by atoms with van der Waals surface area (Å²) in [6.45, 7) is 7.05. The van der Waals surface area contributed by atoms with E-state index in [0.29, 0.717) is 5.41 Å². The van der Waals surface area contributed by atoms with Gasteiger partial charge in [-0.2, -0.15) is 0 Å². The van der Waals surface area contributed by atoms with Gasteiger partial charge in [-0.05, 0) is 31.7 Å². The van der Waals surface area contributed by atoms with Crippen LogP contribution in [0.5, 0.6) is 5.75 Å². The molecule has 0 atom stereocenters. The van der Waals surface area contributed by atoms with Crippen LogP contribution in [0.2, 0.25) is 0 Å². The maximum Gasteiger partial charge on any atom is 0.125 e. The first-order valence-electron chi connectivity index (χ1n) is 6.05. The van der Waals surface area contributed by atoms with Crippen LogP contribution < -0.4 is 4.74 Å². The van der Waals surface area contributed by atoms with Crippen molar-refractivity contribution in [3.63, 3.8) is 0 Å². The molecule has 0 N–H and O–H groups in total. The molecule has 1 heteroatoms.